The number of hydrogen-bond acceptors (Lipinski definition) is 3. The lowest BCUT2D eigenvalue weighted by molar-refractivity contribution is 0.104. The third-order valence-electron chi connectivity index (χ3n) is 2.58. The van der Waals surface area contributed by atoms with Gasteiger partial charge in [-0.05, 0) is 32.9 Å². The Bertz CT molecular complexity index is 141. The van der Waals surface area contributed by atoms with Gasteiger partial charge in [-0.15, -0.1) is 0 Å². The van der Waals surface area contributed by atoms with Crippen molar-refractivity contribution in [3.63, 3.8) is 0 Å². The highest BCUT2D eigenvalue weighted by molar-refractivity contribution is 4.72. The topological polar surface area (TPSA) is 24.5 Å². The second-order valence-corrected chi connectivity index (χ2v) is 4.12. The van der Waals surface area contributed by atoms with Crippen molar-refractivity contribution < 1.29 is 4.74 Å². The number of nitrogens with one attached hydrogen (secondary N) is 1. The van der Waals surface area contributed by atoms with Crippen LogP contribution in [0.2, 0.25) is 0 Å². The summed E-state index contributed by atoms with van der Waals surface area (Å²) < 4.78 is 5.50. The van der Waals surface area contributed by atoms with E-state index in [9.17, 15) is 0 Å². The molecular formula is C11H24N2O. The third kappa shape index (κ3) is 4.94. The second-order valence-electron chi connectivity index (χ2n) is 4.12. The van der Waals surface area contributed by atoms with Crippen LogP contribution in [0.15, 0.2) is 0 Å². The minimum absolute atomic E-state index is 0.628. The Labute approximate surface area is 87.8 Å². The summed E-state index contributed by atoms with van der Waals surface area (Å²) in [5, 5.41) is 3.49. The molecule has 1 unspecified atom stereocenters. The fourth-order valence-corrected chi connectivity index (χ4v) is 1.84. The first-order valence-corrected chi connectivity index (χ1v) is 5.86. The fraction of sp³-hybridized carbons (Fsp3) is 1.00. The maximum absolute atomic E-state index is 5.50. The van der Waals surface area contributed by atoms with Crippen LogP contribution in [-0.4, -0.2) is 50.3 Å². The largest absolute Gasteiger partial charge is 0.380 e. The van der Waals surface area contributed by atoms with Gasteiger partial charge in [-0.2, -0.15) is 0 Å². The molecule has 1 aliphatic heterocycles. The maximum atomic E-state index is 5.50. The van der Waals surface area contributed by atoms with Gasteiger partial charge in [-0.25, -0.2) is 0 Å². The van der Waals surface area contributed by atoms with Gasteiger partial charge in [-0.1, -0.05) is 6.92 Å². The van der Waals surface area contributed by atoms with Crippen LogP contribution in [0.25, 0.3) is 0 Å². The van der Waals surface area contributed by atoms with Crippen LogP contribution in [-0.2, 0) is 4.74 Å². The van der Waals surface area contributed by atoms with Crippen molar-refractivity contribution >= 4 is 0 Å². The van der Waals surface area contributed by atoms with Crippen molar-refractivity contribution in [3.05, 3.63) is 0 Å². The van der Waals surface area contributed by atoms with Crippen LogP contribution in [0, 0.1) is 0 Å². The molecule has 0 aromatic heterocycles. The molecule has 14 heavy (non-hydrogen) atoms. The standard InChI is InChI=1S/C11H24N2O/c1-3-8-14-9-7-13-6-4-5-12-11(2)10-13/h11-12H,3-10H2,1-2H3. The molecule has 1 heterocycles. The Kier molecular flexibility index (Phi) is 6.15. The highest BCUT2D eigenvalue weighted by Crippen LogP contribution is 1.99. The minimum Gasteiger partial charge on any atom is -0.380 e. The molecule has 3 nitrogen and oxygen atoms in total. The van der Waals surface area contributed by atoms with Gasteiger partial charge in [0.2, 0.25) is 0 Å². The Morgan fingerprint density at radius 2 is 2.29 bits per heavy atom. The van der Waals surface area contributed by atoms with Gasteiger partial charge in [0.05, 0.1) is 6.61 Å². The van der Waals surface area contributed by atoms with Gasteiger partial charge < -0.3 is 10.1 Å². The number of nitrogens with zero attached hydrogens (tertiary/aromatic N) is 1. The first kappa shape index (κ1) is 12.0. The monoisotopic (exact) mass is 200 g/mol. The minimum atomic E-state index is 0.628. The zero-order valence-corrected chi connectivity index (χ0v) is 9.59. The van der Waals surface area contributed by atoms with Gasteiger partial charge in [0, 0.05) is 25.7 Å². The molecule has 1 N–H and O–H groups in total. The lowest BCUT2D eigenvalue weighted by atomic mass is 10.3. The molecule has 1 fully saturated rings. The molecule has 0 amide bonds. The fourth-order valence-electron chi connectivity index (χ4n) is 1.84. The molecule has 1 rings (SSSR count). The number of rotatable bonds is 5. The summed E-state index contributed by atoms with van der Waals surface area (Å²) in [7, 11) is 0. The lowest BCUT2D eigenvalue weighted by Crippen LogP contribution is -2.36. The van der Waals surface area contributed by atoms with E-state index in [1.54, 1.807) is 0 Å². The molecule has 1 saturated heterocycles. The Hall–Kier alpha value is -0.120. The van der Waals surface area contributed by atoms with Crippen LogP contribution in [0.3, 0.4) is 0 Å². The summed E-state index contributed by atoms with van der Waals surface area (Å²) >= 11 is 0. The molecule has 0 saturated carbocycles. The van der Waals surface area contributed by atoms with E-state index in [-0.39, 0.29) is 0 Å². The first-order valence-electron chi connectivity index (χ1n) is 5.86. The molecule has 3 heteroatoms. The average Bonchev–Trinajstić information content (AvgIpc) is 2.38. The zero-order chi connectivity index (χ0) is 10.2. The summed E-state index contributed by atoms with van der Waals surface area (Å²) in [6.45, 7) is 10.8. The van der Waals surface area contributed by atoms with Crippen LogP contribution < -0.4 is 5.32 Å². The van der Waals surface area contributed by atoms with Gasteiger partial charge in [0.1, 0.15) is 0 Å². The smallest absolute Gasteiger partial charge is 0.0593 e. The van der Waals surface area contributed by atoms with Crippen molar-refractivity contribution in [1.82, 2.24) is 10.2 Å². The van der Waals surface area contributed by atoms with Gasteiger partial charge in [-0.3, -0.25) is 4.90 Å². The van der Waals surface area contributed by atoms with E-state index in [2.05, 4.69) is 24.1 Å². The number of hydrogen-bond donors (Lipinski definition) is 1. The quantitative estimate of drug-likeness (QED) is 0.673. The molecule has 0 spiro atoms. The van der Waals surface area contributed by atoms with Gasteiger partial charge >= 0.3 is 0 Å². The van der Waals surface area contributed by atoms with Crippen LogP contribution >= 0.6 is 0 Å². The number of ether oxygens (including phenoxy) is 1. The van der Waals surface area contributed by atoms with Crippen LogP contribution in [0.4, 0.5) is 0 Å². The van der Waals surface area contributed by atoms with E-state index in [1.807, 2.05) is 0 Å². The lowest BCUT2D eigenvalue weighted by Gasteiger charge is -2.21. The summed E-state index contributed by atoms with van der Waals surface area (Å²) in [5.74, 6) is 0. The molecule has 0 radical (unpaired) electrons. The molecule has 0 aromatic rings. The summed E-state index contributed by atoms with van der Waals surface area (Å²) in [6.07, 6.45) is 2.38. The summed E-state index contributed by atoms with van der Waals surface area (Å²) in [5.41, 5.74) is 0. The normalized spacial score (nSPS) is 24.9. The van der Waals surface area contributed by atoms with Gasteiger partial charge in [0.25, 0.3) is 0 Å². The highest BCUT2D eigenvalue weighted by Gasteiger charge is 2.12. The summed E-state index contributed by atoms with van der Waals surface area (Å²) in [4.78, 5) is 2.50. The molecule has 0 bridgehead atoms. The zero-order valence-electron chi connectivity index (χ0n) is 9.59. The van der Waals surface area contributed by atoms with Crippen molar-refractivity contribution in [2.75, 3.05) is 39.4 Å². The first-order chi connectivity index (χ1) is 6.83. The predicted octanol–water partition coefficient (Wildman–Crippen LogP) is 1.10. The van der Waals surface area contributed by atoms with E-state index in [0.29, 0.717) is 6.04 Å². The maximum Gasteiger partial charge on any atom is 0.0593 e. The Morgan fingerprint density at radius 1 is 1.43 bits per heavy atom. The highest BCUT2D eigenvalue weighted by atomic mass is 16.5. The van der Waals surface area contributed by atoms with E-state index in [0.717, 1.165) is 39.3 Å². The Balaban J connectivity index is 2.09. The third-order valence-corrected chi connectivity index (χ3v) is 2.58. The molecule has 0 aromatic carbocycles. The van der Waals surface area contributed by atoms with E-state index >= 15 is 0 Å². The molecule has 1 atom stereocenters. The van der Waals surface area contributed by atoms with Crippen molar-refractivity contribution in [1.29, 1.82) is 0 Å². The SMILES string of the molecule is CCCOCCN1CCCNC(C)C1. The van der Waals surface area contributed by atoms with Crippen LogP contribution in [0.1, 0.15) is 26.7 Å². The average molecular weight is 200 g/mol. The van der Waals surface area contributed by atoms with Crippen molar-refractivity contribution in [2.24, 2.45) is 0 Å². The Morgan fingerprint density at radius 3 is 3.07 bits per heavy atom. The van der Waals surface area contributed by atoms with E-state index in [1.165, 1.54) is 13.0 Å². The molecular weight excluding hydrogens is 176 g/mol. The predicted molar refractivity (Wildman–Crippen MR) is 59.6 cm³/mol. The second kappa shape index (κ2) is 7.21. The molecule has 84 valence electrons. The van der Waals surface area contributed by atoms with Crippen molar-refractivity contribution in [2.45, 2.75) is 32.7 Å². The van der Waals surface area contributed by atoms with Crippen LogP contribution in [0.5, 0.6) is 0 Å². The summed E-state index contributed by atoms with van der Waals surface area (Å²) in [6, 6.07) is 0.628. The van der Waals surface area contributed by atoms with Gasteiger partial charge in [0.15, 0.2) is 0 Å². The van der Waals surface area contributed by atoms with Crippen molar-refractivity contribution in [3.8, 4) is 0 Å². The van der Waals surface area contributed by atoms with E-state index in [4.69, 9.17) is 4.74 Å². The molecule has 1 aliphatic rings. The molecule has 0 aliphatic carbocycles. The van der Waals surface area contributed by atoms with E-state index < -0.39 is 0 Å².